The smallest absolute Gasteiger partial charge is 0.153 e. The fourth-order valence-corrected chi connectivity index (χ4v) is 1.90. The van der Waals surface area contributed by atoms with Gasteiger partial charge in [-0.2, -0.15) is 0 Å². The van der Waals surface area contributed by atoms with E-state index in [1.807, 2.05) is 0 Å². The van der Waals surface area contributed by atoms with E-state index in [4.69, 9.17) is 10.9 Å². The third kappa shape index (κ3) is 3.16. The topological polar surface area (TPSA) is 65.1 Å². The number of hydrogen-bond donors (Lipinski definition) is 2. The highest BCUT2D eigenvalue weighted by Crippen LogP contribution is 2.07. The molecule has 0 aromatic heterocycles. The van der Waals surface area contributed by atoms with Gasteiger partial charge in [0.05, 0.1) is 6.54 Å². The molecule has 1 aliphatic heterocycles. The van der Waals surface area contributed by atoms with Crippen molar-refractivity contribution < 1.29 is 5.21 Å². The van der Waals surface area contributed by atoms with Crippen molar-refractivity contribution in [2.75, 3.05) is 33.2 Å². The molecular formula is C9H20N4O. The van der Waals surface area contributed by atoms with Crippen LogP contribution >= 0.6 is 0 Å². The number of nitrogens with two attached hydrogens (primary N) is 1. The second-order valence-corrected chi connectivity index (χ2v) is 4.03. The van der Waals surface area contributed by atoms with Crippen LogP contribution in [-0.2, 0) is 0 Å². The molecule has 5 heteroatoms. The van der Waals surface area contributed by atoms with E-state index in [2.05, 4.69) is 28.9 Å². The zero-order valence-corrected chi connectivity index (χ0v) is 8.98. The van der Waals surface area contributed by atoms with Gasteiger partial charge < -0.3 is 15.8 Å². The fourth-order valence-electron chi connectivity index (χ4n) is 1.90. The lowest BCUT2D eigenvalue weighted by Gasteiger charge is -2.26. The Kier molecular flexibility index (Phi) is 4.16. The molecule has 0 amide bonds. The van der Waals surface area contributed by atoms with Crippen LogP contribution in [0.2, 0.25) is 0 Å². The van der Waals surface area contributed by atoms with Gasteiger partial charge in [-0.25, -0.2) is 0 Å². The summed E-state index contributed by atoms with van der Waals surface area (Å²) in [6.45, 7) is 5.91. The molecule has 1 unspecified atom stereocenters. The van der Waals surface area contributed by atoms with E-state index < -0.39 is 0 Å². The molecule has 5 nitrogen and oxygen atoms in total. The van der Waals surface area contributed by atoms with Gasteiger partial charge in [-0.05, 0) is 26.9 Å². The molecule has 0 saturated carbocycles. The van der Waals surface area contributed by atoms with Crippen molar-refractivity contribution in [2.45, 2.75) is 19.4 Å². The van der Waals surface area contributed by atoms with E-state index in [0.29, 0.717) is 18.4 Å². The molecule has 0 radical (unpaired) electrons. The van der Waals surface area contributed by atoms with Gasteiger partial charge in [0, 0.05) is 19.1 Å². The highest BCUT2D eigenvalue weighted by Gasteiger charge is 2.19. The highest BCUT2D eigenvalue weighted by atomic mass is 16.4. The lowest BCUT2D eigenvalue weighted by Crippen LogP contribution is -2.42. The normalized spacial score (nSPS) is 27.6. The number of amidine groups is 1. The van der Waals surface area contributed by atoms with Gasteiger partial charge in [0.15, 0.2) is 5.84 Å². The van der Waals surface area contributed by atoms with Crippen LogP contribution < -0.4 is 5.73 Å². The summed E-state index contributed by atoms with van der Waals surface area (Å²) in [6, 6.07) is 0.461. The van der Waals surface area contributed by atoms with E-state index in [1.165, 1.54) is 0 Å². The maximum absolute atomic E-state index is 8.50. The molecule has 0 aromatic rings. The summed E-state index contributed by atoms with van der Waals surface area (Å²) >= 11 is 0. The average molecular weight is 200 g/mol. The summed E-state index contributed by atoms with van der Waals surface area (Å²) in [5.41, 5.74) is 5.50. The molecule has 3 N–H and O–H groups in total. The fraction of sp³-hybridized carbons (Fsp3) is 0.889. The van der Waals surface area contributed by atoms with Gasteiger partial charge in [-0.3, -0.25) is 4.90 Å². The Bertz CT molecular complexity index is 207. The minimum Gasteiger partial charge on any atom is -0.409 e. The van der Waals surface area contributed by atoms with Crippen LogP contribution in [0.15, 0.2) is 5.16 Å². The van der Waals surface area contributed by atoms with Crippen molar-refractivity contribution in [3.63, 3.8) is 0 Å². The molecule has 1 saturated heterocycles. The predicted molar refractivity (Wildman–Crippen MR) is 56.6 cm³/mol. The Hall–Kier alpha value is -0.810. The van der Waals surface area contributed by atoms with Gasteiger partial charge >= 0.3 is 0 Å². The molecule has 1 rings (SSSR count). The van der Waals surface area contributed by atoms with Crippen molar-refractivity contribution in [2.24, 2.45) is 10.9 Å². The molecule has 82 valence electrons. The Labute approximate surface area is 85.2 Å². The van der Waals surface area contributed by atoms with Crippen LogP contribution in [0.1, 0.15) is 13.3 Å². The summed E-state index contributed by atoms with van der Waals surface area (Å²) in [7, 11) is 2.13. The van der Waals surface area contributed by atoms with Crippen LogP contribution in [0.4, 0.5) is 0 Å². The first-order chi connectivity index (χ1) is 6.63. The van der Waals surface area contributed by atoms with E-state index in [0.717, 1.165) is 26.1 Å². The summed E-state index contributed by atoms with van der Waals surface area (Å²) in [6.07, 6.45) is 1.14. The standard InChI is InChI=1S/C9H20N4O/c1-8-6-12(2)4-3-5-13(8)7-9(10)11-14/h8,14H,3-7H2,1-2H3,(H2,10,11). The maximum Gasteiger partial charge on any atom is 0.153 e. The average Bonchev–Trinajstić information content (AvgIpc) is 2.29. The van der Waals surface area contributed by atoms with E-state index in [-0.39, 0.29) is 0 Å². The zero-order valence-electron chi connectivity index (χ0n) is 8.98. The first kappa shape index (κ1) is 11.3. The molecule has 14 heavy (non-hydrogen) atoms. The maximum atomic E-state index is 8.50. The molecular weight excluding hydrogens is 180 g/mol. The van der Waals surface area contributed by atoms with Crippen molar-refractivity contribution in [3.8, 4) is 0 Å². The molecule has 1 fully saturated rings. The minimum atomic E-state index is 0.293. The van der Waals surface area contributed by atoms with Gasteiger partial charge in [-0.15, -0.1) is 0 Å². The van der Waals surface area contributed by atoms with Crippen molar-refractivity contribution in [1.82, 2.24) is 9.80 Å². The number of oxime groups is 1. The second kappa shape index (κ2) is 5.17. The van der Waals surface area contributed by atoms with Gasteiger partial charge in [0.1, 0.15) is 0 Å². The van der Waals surface area contributed by atoms with Crippen molar-refractivity contribution >= 4 is 5.84 Å². The third-order valence-electron chi connectivity index (χ3n) is 2.68. The molecule has 0 aromatic carbocycles. The minimum absolute atomic E-state index is 0.293. The number of rotatable bonds is 2. The Balaban J connectivity index is 2.50. The molecule has 1 heterocycles. The van der Waals surface area contributed by atoms with Crippen LogP contribution in [0.3, 0.4) is 0 Å². The van der Waals surface area contributed by atoms with Crippen molar-refractivity contribution in [3.05, 3.63) is 0 Å². The number of nitrogens with zero attached hydrogens (tertiary/aromatic N) is 3. The van der Waals surface area contributed by atoms with Gasteiger partial charge in [0.25, 0.3) is 0 Å². The SMILES string of the molecule is CC1CN(C)CCCN1C/C(N)=N/O. The summed E-state index contributed by atoms with van der Waals surface area (Å²) in [5, 5.41) is 11.5. The zero-order chi connectivity index (χ0) is 10.6. The lowest BCUT2D eigenvalue weighted by atomic mass is 10.2. The van der Waals surface area contributed by atoms with Crippen LogP contribution in [-0.4, -0.2) is 60.1 Å². The molecule has 0 aliphatic carbocycles. The van der Waals surface area contributed by atoms with Crippen LogP contribution in [0, 0.1) is 0 Å². The predicted octanol–water partition coefficient (Wildman–Crippen LogP) is -0.241. The Morgan fingerprint density at radius 3 is 2.93 bits per heavy atom. The molecule has 0 bridgehead atoms. The van der Waals surface area contributed by atoms with E-state index in [1.54, 1.807) is 0 Å². The van der Waals surface area contributed by atoms with Crippen LogP contribution in [0.5, 0.6) is 0 Å². The second-order valence-electron chi connectivity index (χ2n) is 4.03. The van der Waals surface area contributed by atoms with Gasteiger partial charge in [-0.1, -0.05) is 5.16 Å². The molecule has 1 aliphatic rings. The number of likely N-dealkylation sites (N-methyl/N-ethyl adjacent to an activating group) is 1. The molecule has 0 spiro atoms. The summed E-state index contributed by atoms with van der Waals surface area (Å²) < 4.78 is 0. The molecule has 1 atom stereocenters. The first-order valence-corrected chi connectivity index (χ1v) is 5.02. The summed E-state index contributed by atoms with van der Waals surface area (Å²) in [5.74, 6) is 0.293. The Morgan fingerprint density at radius 1 is 1.57 bits per heavy atom. The largest absolute Gasteiger partial charge is 0.409 e. The monoisotopic (exact) mass is 200 g/mol. The van der Waals surface area contributed by atoms with E-state index in [9.17, 15) is 0 Å². The van der Waals surface area contributed by atoms with Crippen LogP contribution in [0.25, 0.3) is 0 Å². The highest BCUT2D eigenvalue weighted by molar-refractivity contribution is 5.81. The quantitative estimate of drug-likeness (QED) is 0.279. The number of hydrogen-bond acceptors (Lipinski definition) is 4. The van der Waals surface area contributed by atoms with Gasteiger partial charge in [0.2, 0.25) is 0 Å². The lowest BCUT2D eigenvalue weighted by molar-refractivity contribution is 0.223. The van der Waals surface area contributed by atoms with Crippen molar-refractivity contribution in [1.29, 1.82) is 0 Å². The first-order valence-electron chi connectivity index (χ1n) is 5.02. The Morgan fingerprint density at radius 2 is 2.29 bits per heavy atom. The van der Waals surface area contributed by atoms with E-state index >= 15 is 0 Å². The summed E-state index contributed by atoms with van der Waals surface area (Å²) in [4.78, 5) is 4.56. The third-order valence-corrected chi connectivity index (χ3v) is 2.68.